The molecular weight excluding hydrogens is 462 g/mol. The number of non-ortho nitro benzene ring substituents is 1. The van der Waals surface area contributed by atoms with Crippen LogP contribution in [0.3, 0.4) is 0 Å². The van der Waals surface area contributed by atoms with Crippen LogP contribution in [0.4, 0.5) is 10.7 Å². The molecule has 0 saturated carbocycles. The Morgan fingerprint density at radius 3 is 2.44 bits per heavy atom. The van der Waals surface area contributed by atoms with Crippen molar-refractivity contribution in [2.24, 2.45) is 0 Å². The largest absolute Gasteiger partial charge is 0.462 e. The number of imide groups is 1. The average Bonchev–Trinajstić information content (AvgIpc) is 3.34. The Morgan fingerprint density at radius 1 is 1.06 bits per heavy atom. The van der Waals surface area contributed by atoms with Crippen molar-refractivity contribution in [2.75, 3.05) is 18.5 Å². The van der Waals surface area contributed by atoms with Gasteiger partial charge in [-0.15, -0.1) is 11.3 Å². The second-order valence-corrected chi connectivity index (χ2v) is 8.22. The molecule has 0 fully saturated rings. The van der Waals surface area contributed by atoms with E-state index in [0.717, 1.165) is 29.0 Å². The van der Waals surface area contributed by atoms with E-state index in [1.165, 1.54) is 6.07 Å². The van der Waals surface area contributed by atoms with Gasteiger partial charge in [-0.3, -0.25) is 29.4 Å². The molecule has 0 radical (unpaired) electrons. The third-order valence-electron chi connectivity index (χ3n) is 5.01. The van der Waals surface area contributed by atoms with Gasteiger partial charge in [0.2, 0.25) is 5.91 Å². The number of benzene rings is 2. The van der Waals surface area contributed by atoms with Crippen LogP contribution in [-0.4, -0.2) is 46.7 Å². The minimum Gasteiger partial charge on any atom is -0.462 e. The molecular formula is C23H17N3O7S. The quantitative estimate of drug-likeness (QED) is 0.236. The summed E-state index contributed by atoms with van der Waals surface area (Å²) < 4.78 is 5.08. The van der Waals surface area contributed by atoms with E-state index in [1.54, 1.807) is 13.0 Å². The van der Waals surface area contributed by atoms with Gasteiger partial charge in [0.25, 0.3) is 17.5 Å². The number of nitrogens with one attached hydrogen (secondary N) is 1. The zero-order chi connectivity index (χ0) is 24.4. The van der Waals surface area contributed by atoms with Gasteiger partial charge in [0.05, 0.1) is 28.2 Å². The lowest BCUT2D eigenvalue weighted by atomic mass is 10.1. The molecule has 0 spiro atoms. The number of nitrogens with zero attached hydrogens (tertiary/aromatic N) is 2. The molecule has 1 aromatic heterocycles. The maximum absolute atomic E-state index is 12.8. The molecule has 4 rings (SSSR count). The number of esters is 1. The monoisotopic (exact) mass is 479 g/mol. The van der Waals surface area contributed by atoms with Crippen LogP contribution in [0, 0.1) is 10.1 Å². The summed E-state index contributed by atoms with van der Waals surface area (Å²) in [5.41, 5.74) is 0.495. The predicted molar refractivity (Wildman–Crippen MR) is 123 cm³/mol. The maximum Gasteiger partial charge on any atom is 0.341 e. The van der Waals surface area contributed by atoms with Gasteiger partial charge in [0.1, 0.15) is 11.5 Å². The lowest BCUT2D eigenvalue weighted by Gasteiger charge is -2.13. The molecule has 1 N–H and O–H groups in total. The van der Waals surface area contributed by atoms with Gasteiger partial charge in [-0.25, -0.2) is 4.79 Å². The van der Waals surface area contributed by atoms with E-state index in [0.29, 0.717) is 9.78 Å². The number of nitro groups is 1. The summed E-state index contributed by atoms with van der Waals surface area (Å²) in [4.78, 5) is 62.2. The van der Waals surface area contributed by atoms with Crippen LogP contribution in [0.25, 0.3) is 10.4 Å². The van der Waals surface area contributed by atoms with Crippen LogP contribution in [0.2, 0.25) is 0 Å². The standard InChI is InChI=1S/C23H17N3O7S/c1-2-33-23(30)17-11-18(13-6-4-3-5-7-13)34-20(17)24-19(27)12-25-21(28)15-9-8-14(26(31)32)10-16(15)22(25)29/h3-11H,2,12H2,1H3,(H,24,27). The van der Waals surface area contributed by atoms with Crippen LogP contribution in [0.15, 0.2) is 54.6 Å². The summed E-state index contributed by atoms with van der Waals surface area (Å²) in [5, 5.41) is 13.8. The van der Waals surface area contributed by atoms with Gasteiger partial charge in [-0.1, -0.05) is 30.3 Å². The number of amides is 3. The molecule has 1 aliphatic heterocycles. The van der Waals surface area contributed by atoms with Crippen molar-refractivity contribution in [1.29, 1.82) is 0 Å². The van der Waals surface area contributed by atoms with Gasteiger partial charge >= 0.3 is 5.97 Å². The molecule has 0 saturated heterocycles. The van der Waals surface area contributed by atoms with E-state index < -0.39 is 35.2 Å². The van der Waals surface area contributed by atoms with Crippen molar-refractivity contribution < 1.29 is 28.8 Å². The molecule has 2 heterocycles. The minimum atomic E-state index is -0.805. The number of thiophene rings is 1. The molecule has 172 valence electrons. The Labute approximate surface area is 196 Å². The number of rotatable bonds is 7. The van der Waals surface area contributed by atoms with E-state index in [-0.39, 0.29) is 34.0 Å². The van der Waals surface area contributed by atoms with Gasteiger partial charge in [-0.05, 0) is 24.6 Å². The third kappa shape index (κ3) is 4.28. The average molecular weight is 479 g/mol. The summed E-state index contributed by atoms with van der Waals surface area (Å²) in [5.74, 6) is -2.87. The second kappa shape index (κ2) is 9.24. The molecule has 3 aromatic rings. The third-order valence-corrected chi connectivity index (χ3v) is 6.11. The van der Waals surface area contributed by atoms with Crippen LogP contribution in [0.5, 0.6) is 0 Å². The van der Waals surface area contributed by atoms with Crippen molar-refractivity contribution in [3.8, 4) is 10.4 Å². The van der Waals surface area contributed by atoms with Crippen LogP contribution < -0.4 is 5.32 Å². The molecule has 0 atom stereocenters. The number of nitro benzene ring substituents is 1. The lowest BCUT2D eigenvalue weighted by Crippen LogP contribution is -2.37. The SMILES string of the molecule is CCOC(=O)c1cc(-c2ccccc2)sc1NC(=O)CN1C(=O)c2ccc([N+](=O)[O-])cc2C1=O. The highest BCUT2D eigenvalue weighted by molar-refractivity contribution is 7.20. The molecule has 10 nitrogen and oxygen atoms in total. The van der Waals surface area contributed by atoms with E-state index >= 15 is 0 Å². The zero-order valence-corrected chi connectivity index (χ0v) is 18.6. The first kappa shape index (κ1) is 22.8. The first-order valence-electron chi connectivity index (χ1n) is 10.1. The Hall–Kier alpha value is -4.38. The van der Waals surface area contributed by atoms with Crippen molar-refractivity contribution in [2.45, 2.75) is 6.92 Å². The van der Waals surface area contributed by atoms with Crippen molar-refractivity contribution >= 4 is 45.7 Å². The summed E-state index contributed by atoms with van der Waals surface area (Å²) in [7, 11) is 0. The van der Waals surface area contributed by atoms with Crippen molar-refractivity contribution in [3.05, 3.63) is 81.4 Å². The highest BCUT2D eigenvalue weighted by atomic mass is 32.1. The summed E-state index contributed by atoms with van der Waals surface area (Å²) in [6, 6.07) is 14.2. The normalized spacial score (nSPS) is 12.4. The van der Waals surface area contributed by atoms with E-state index in [4.69, 9.17) is 4.74 Å². The first-order chi connectivity index (χ1) is 16.3. The molecule has 0 aliphatic carbocycles. The Morgan fingerprint density at radius 2 is 1.76 bits per heavy atom. The number of hydrogen-bond acceptors (Lipinski definition) is 8. The number of anilines is 1. The summed E-state index contributed by atoms with van der Waals surface area (Å²) >= 11 is 1.15. The molecule has 3 amide bonds. The molecule has 0 unspecified atom stereocenters. The lowest BCUT2D eigenvalue weighted by molar-refractivity contribution is -0.384. The van der Waals surface area contributed by atoms with E-state index in [1.807, 2.05) is 30.3 Å². The number of carbonyl (C=O) groups excluding carboxylic acids is 4. The highest BCUT2D eigenvalue weighted by Gasteiger charge is 2.38. The molecule has 34 heavy (non-hydrogen) atoms. The molecule has 0 bridgehead atoms. The van der Waals surface area contributed by atoms with Crippen LogP contribution >= 0.6 is 11.3 Å². The highest BCUT2D eigenvalue weighted by Crippen LogP contribution is 2.36. The molecule has 1 aliphatic rings. The number of fused-ring (bicyclic) bond motifs is 1. The molecule has 11 heteroatoms. The first-order valence-corrected chi connectivity index (χ1v) is 10.9. The minimum absolute atomic E-state index is 0.0156. The Bertz CT molecular complexity index is 1330. The van der Waals surface area contributed by atoms with Gasteiger partial charge < -0.3 is 10.1 Å². The van der Waals surface area contributed by atoms with Crippen molar-refractivity contribution in [1.82, 2.24) is 4.90 Å². The smallest absolute Gasteiger partial charge is 0.341 e. The fourth-order valence-corrected chi connectivity index (χ4v) is 4.50. The fraction of sp³-hybridized carbons (Fsp3) is 0.130. The van der Waals surface area contributed by atoms with Crippen LogP contribution in [-0.2, 0) is 9.53 Å². The van der Waals surface area contributed by atoms with Gasteiger partial charge in [0, 0.05) is 17.0 Å². The number of hydrogen-bond donors (Lipinski definition) is 1. The Balaban J connectivity index is 1.56. The van der Waals surface area contributed by atoms with E-state index in [9.17, 15) is 29.3 Å². The second-order valence-electron chi connectivity index (χ2n) is 7.17. The van der Waals surface area contributed by atoms with E-state index in [2.05, 4.69) is 5.32 Å². The van der Waals surface area contributed by atoms with Crippen molar-refractivity contribution in [3.63, 3.8) is 0 Å². The summed E-state index contributed by atoms with van der Waals surface area (Å²) in [6.07, 6.45) is 0. The van der Waals surface area contributed by atoms with Gasteiger partial charge in [0.15, 0.2) is 0 Å². The maximum atomic E-state index is 12.8. The number of carbonyl (C=O) groups is 4. The predicted octanol–water partition coefficient (Wildman–Crippen LogP) is 3.73. The molecule has 2 aromatic carbocycles. The zero-order valence-electron chi connectivity index (χ0n) is 17.8. The fourth-order valence-electron chi connectivity index (χ4n) is 3.43. The topological polar surface area (TPSA) is 136 Å². The Kier molecular flexibility index (Phi) is 6.19. The number of ether oxygens (including phenoxy) is 1. The van der Waals surface area contributed by atoms with Gasteiger partial charge in [-0.2, -0.15) is 0 Å². The van der Waals surface area contributed by atoms with Crippen LogP contribution in [0.1, 0.15) is 38.0 Å². The summed E-state index contributed by atoms with van der Waals surface area (Å²) in [6.45, 7) is 1.18.